The average Bonchev–Trinajstić information content (AvgIpc) is 3.16. The van der Waals surface area contributed by atoms with Crippen molar-refractivity contribution in [3.63, 3.8) is 0 Å². The third kappa shape index (κ3) is 5.73. The predicted molar refractivity (Wildman–Crippen MR) is 211 cm³/mol. The summed E-state index contributed by atoms with van der Waals surface area (Å²) in [5.41, 5.74) is 10.1. The Bertz CT molecular complexity index is 2480. The second-order valence-electron chi connectivity index (χ2n) is 12.3. The Morgan fingerprint density at radius 3 is 1.49 bits per heavy atom. The van der Waals surface area contributed by atoms with Crippen molar-refractivity contribution in [2.75, 3.05) is 4.90 Å². The second kappa shape index (κ2) is 13.0. The van der Waals surface area contributed by atoms with Crippen LogP contribution in [0.5, 0.6) is 0 Å². The fourth-order valence-corrected chi connectivity index (χ4v) is 7.01. The van der Waals surface area contributed by atoms with Gasteiger partial charge in [0.2, 0.25) is 0 Å². The highest BCUT2D eigenvalue weighted by Crippen LogP contribution is 2.40. The lowest BCUT2D eigenvalue weighted by molar-refractivity contribution is 1.28. The molecule has 8 aromatic rings. The lowest BCUT2D eigenvalue weighted by atomic mass is 9.96. The van der Waals surface area contributed by atoms with Gasteiger partial charge < -0.3 is 4.90 Å². The van der Waals surface area contributed by atoms with Crippen LogP contribution in [0, 0.1) is 0 Å². The molecule has 0 amide bonds. The van der Waals surface area contributed by atoms with Crippen LogP contribution in [-0.2, 0) is 0 Å². The van der Waals surface area contributed by atoms with Gasteiger partial charge in [0, 0.05) is 17.1 Å². The number of benzene rings is 8. The van der Waals surface area contributed by atoms with Gasteiger partial charge in [-0.1, -0.05) is 165 Å². The van der Waals surface area contributed by atoms with Gasteiger partial charge in [-0.05, 0) is 102 Å². The van der Waals surface area contributed by atoms with Crippen LogP contribution in [0.15, 0.2) is 195 Å². The largest absolute Gasteiger partial charge is 0.310 e. The summed E-state index contributed by atoms with van der Waals surface area (Å²) in [6.07, 6.45) is 1.94. The molecule has 0 heterocycles. The molecule has 232 valence electrons. The summed E-state index contributed by atoms with van der Waals surface area (Å²) in [4.78, 5) is 2.36. The molecule has 0 aliphatic heterocycles. The lowest BCUT2D eigenvalue weighted by Gasteiger charge is -2.27. The van der Waals surface area contributed by atoms with E-state index >= 15 is 0 Å². The van der Waals surface area contributed by atoms with Gasteiger partial charge in [0.05, 0.1) is 0 Å². The Morgan fingerprint density at radius 2 is 0.918 bits per heavy atom. The zero-order valence-electron chi connectivity index (χ0n) is 27.3. The SMILES string of the molecule is C=C/C(c1cccc(N(c2cccc(-c3cccc4ccccc34)c2)c2cccc(-c3cccc4ccccc34)c2)c1)=c1/ccccc1=C. The minimum Gasteiger partial charge on any atom is -0.310 e. The van der Waals surface area contributed by atoms with Crippen LogP contribution in [0.25, 0.3) is 56.0 Å². The maximum atomic E-state index is 4.31. The van der Waals surface area contributed by atoms with Crippen LogP contribution in [0.3, 0.4) is 0 Å². The molecule has 1 nitrogen and oxygen atoms in total. The van der Waals surface area contributed by atoms with Crippen molar-refractivity contribution < 1.29 is 0 Å². The molecule has 0 atom stereocenters. The average molecular weight is 626 g/mol. The molecule has 0 saturated heterocycles. The van der Waals surface area contributed by atoms with E-state index in [1.807, 2.05) is 18.2 Å². The van der Waals surface area contributed by atoms with E-state index in [0.717, 1.165) is 38.6 Å². The van der Waals surface area contributed by atoms with Crippen LogP contribution in [-0.4, -0.2) is 0 Å². The molecule has 0 aromatic heterocycles. The first-order valence-corrected chi connectivity index (χ1v) is 16.7. The molecule has 0 aliphatic carbocycles. The van der Waals surface area contributed by atoms with E-state index in [4.69, 9.17) is 0 Å². The fourth-order valence-electron chi connectivity index (χ4n) is 7.01. The van der Waals surface area contributed by atoms with E-state index in [1.54, 1.807) is 0 Å². The molecule has 0 fully saturated rings. The van der Waals surface area contributed by atoms with Gasteiger partial charge in [-0.25, -0.2) is 0 Å². The minimum absolute atomic E-state index is 0.977. The number of hydrogen-bond donors (Lipinski definition) is 0. The third-order valence-corrected chi connectivity index (χ3v) is 9.34. The Morgan fingerprint density at radius 1 is 0.449 bits per heavy atom. The summed E-state index contributed by atoms with van der Waals surface area (Å²) in [6, 6.07) is 65.0. The van der Waals surface area contributed by atoms with Gasteiger partial charge >= 0.3 is 0 Å². The highest BCUT2D eigenvalue weighted by atomic mass is 15.1. The molecule has 0 unspecified atom stereocenters. The van der Waals surface area contributed by atoms with Gasteiger partial charge in [-0.3, -0.25) is 0 Å². The molecule has 0 aliphatic rings. The number of nitrogens with zero attached hydrogens (tertiary/aromatic N) is 1. The molecular weight excluding hydrogens is 591 g/mol. The number of fused-ring (bicyclic) bond motifs is 2. The van der Waals surface area contributed by atoms with Gasteiger partial charge in [0.25, 0.3) is 0 Å². The zero-order valence-corrected chi connectivity index (χ0v) is 27.3. The molecular formula is C48H35N. The molecule has 0 radical (unpaired) electrons. The number of anilines is 3. The van der Waals surface area contributed by atoms with E-state index in [1.165, 1.54) is 43.8 Å². The van der Waals surface area contributed by atoms with E-state index in [9.17, 15) is 0 Å². The molecule has 8 aromatic carbocycles. The standard InChI is InChI=1S/C48H35N/c1-3-43(44-26-7-4-15-34(44)2)37-20-10-23-40(31-37)49(41-24-11-21-38(32-41)47-29-13-18-35-16-5-8-27-45(35)47)42-25-12-22-39(33-42)48-30-14-19-36-17-6-9-28-46(36)48/h3-33H,1-2H2/b44-43+. The summed E-state index contributed by atoms with van der Waals surface area (Å²) in [6.45, 7) is 8.52. The first kappa shape index (κ1) is 29.9. The Balaban J connectivity index is 1.34. The lowest BCUT2D eigenvalue weighted by Crippen LogP contribution is -2.24. The van der Waals surface area contributed by atoms with E-state index in [-0.39, 0.29) is 0 Å². The van der Waals surface area contributed by atoms with Crippen LogP contribution >= 0.6 is 0 Å². The quantitative estimate of drug-likeness (QED) is 0.170. The molecule has 0 spiro atoms. The van der Waals surface area contributed by atoms with Crippen LogP contribution in [0.2, 0.25) is 0 Å². The van der Waals surface area contributed by atoms with Crippen molar-refractivity contribution in [2.24, 2.45) is 0 Å². The first-order valence-electron chi connectivity index (χ1n) is 16.7. The molecule has 1 heteroatoms. The van der Waals surface area contributed by atoms with Crippen LogP contribution < -0.4 is 15.3 Å². The van der Waals surface area contributed by atoms with Crippen molar-refractivity contribution >= 4 is 50.8 Å². The summed E-state index contributed by atoms with van der Waals surface area (Å²) in [5, 5.41) is 7.01. The van der Waals surface area contributed by atoms with Gasteiger partial charge in [0.1, 0.15) is 0 Å². The Hall–Kier alpha value is -6.44. The number of rotatable bonds is 7. The highest BCUT2D eigenvalue weighted by Gasteiger charge is 2.17. The maximum Gasteiger partial charge on any atom is 0.0467 e. The predicted octanol–water partition coefficient (Wildman–Crippen LogP) is 11.6. The second-order valence-corrected chi connectivity index (χ2v) is 12.3. The monoisotopic (exact) mass is 625 g/mol. The highest BCUT2D eigenvalue weighted by molar-refractivity contribution is 5.99. The van der Waals surface area contributed by atoms with Gasteiger partial charge in [-0.2, -0.15) is 0 Å². The molecule has 49 heavy (non-hydrogen) atoms. The van der Waals surface area contributed by atoms with E-state index in [2.05, 4.69) is 188 Å². The molecule has 0 N–H and O–H groups in total. The molecule has 0 bridgehead atoms. The number of allylic oxidation sites excluding steroid dienone is 1. The topological polar surface area (TPSA) is 3.24 Å². The van der Waals surface area contributed by atoms with E-state index < -0.39 is 0 Å². The zero-order chi connectivity index (χ0) is 33.2. The molecule has 8 rings (SSSR count). The van der Waals surface area contributed by atoms with Gasteiger partial charge in [0.15, 0.2) is 0 Å². The number of hydrogen-bond acceptors (Lipinski definition) is 1. The summed E-state index contributed by atoms with van der Waals surface area (Å²) >= 11 is 0. The smallest absolute Gasteiger partial charge is 0.0467 e. The summed E-state index contributed by atoms with van der Waals surface area (Å²) in [5.74, 6) is 0. The summed E-state index contributed by atoms with van der Waals surface area (Å²) < 4.78 is 0. The van der Waals surface area contributed by atoms with Crippen molar-refractivity contribution in [2.45, 2.75) is 0 Å². The summed E-state index contributed by atoms with van der Waals surface area (Å²) in [7, 11) is 0. The third-order valence-electron chi connectivity index (χ3n) is 9.34. The molecule has 0 saturated carbocycles. The van der Waals surface area contributed by atoms with Crippen LogP contribution in [0.4, 0.5) is 17.1 Å². The Kier molecular flexibility index (Phi) is 7.93. The van der Waals surface area contributed by atoms with Gasteiger partial charge in [-0.15, -0.1) is 0 Å². The van der Waals surface area contributed by atoms with Crippen molar-refractivity contribution in [1.29, 1.82) is 0 Å². The Labute approximate surface area is 287 Å². The first-order chi connectivity index (χ1) is 24.2. The van der Waals surface area contributed by atoms with E-state index in [0.29, 0.717) is 0 Å². The normalized spacial score (nSPS) is 11.8. The van der Waals surface area contributed by atoms with Crippen molar-refractivity contribution in [1.82, 2.24) is 0 Å². The van der Waals surface area contributed by atoms with Crippen LogP contribution in [0.1, 0.15) is 5.56 Å². The van der Waals surface area contributed by atoms with Crippen molar-refractivity contribution in [3.05, 3.63) is 211 Å². The maximum absolute atomic E-state index is 4.31. The fraction of sp³-hybridized carbons (Fsp3) is 0. The minimum atomic E-state index is 0.977. The van der Waals surface area contributed by atoms with Crippen molar-refractivity contribution in [3.8, 4) is 22.3 Å².